The Morgan fingerprint density at radius 2 is 0.938 bits per heavy atom. The van der Waals surface area contributed by atoms with Crippen molar-refractivity contribution < 1.29 is 18.9 Å². The number of fused-ring (bicyclic) bond motifs is 2. The van der Waals surface area contributed by atoms with E-state index in [0.717, 1.165) is 67.1 Å². The Kier molecular flexibility index (Phi) is 4.90. The standard InChI is InChI=1S/C26H24N2O4/c1-29-17-9-21-25(23(11-17)31-3)19(13-27-21)15-5-7-16(8-6-15)20-14-28-22-10-18(30-2)12-24(32-4)26(20)22/h5-14,27-28H,1-4H3. The Bertz CT molecular complexity index is 1300. The molecule has 2 N–H and O–H groups in total. The molecule has 0 saturated carbocycles. The second kappa shape index (κ2) is 7.89. The Morgan fingerprint density at radius 3 is 1.28 bits per heavy atom. The van der Waals surface area contributed by atoms with Crippen LogP contribution in [0.15, 0.2) is 60.9 Å². The van der Waals surface area contributed by atoms with Gasteiger partial charge in [0.25, 0.3) is 0 Å². The fourth-order valence-corrected chi connectivity index (χ4v) is 4.25. The van der Waals surface area contributed by atoms with Crippen molar-refractivity contribution in [2.45, 2.75) is 0 Å². The normalized spacial score (nSPS) is 11.1. The van der Waals surface area contributed by atoms with Crippen LogP contribution in [0.2, 0.25) is 0 Å². The van der Waals surface area contributed by atoms with Crippen molar-refractivity contribution in [2.24, 2.45) is 0 Å². The van der Waals surface area contributed by atoms with Gasteiger partial charge in [0.05, 0.1) is 39.5 Å². The molecule has 32 heavy (non-hydrogen) atoms. The average molecular weight is 428 g/mol. The zero-order valence-corrected chi connectivity index (χ0v) is 18.4. The summed E-state index contributed by atoms with van der Waals surface area (Å²) in [6.07, 6.45) is 4.01. The first-order valence-electron chi connectivity index (χ1n) is 10.2. The Hall–Kier alpha value is -4.06. The minimum Gasteiger partial charge on any atom is -0.497 e. The number of H-pyrrole nitrogens is 2. The summed E-state index contributed by atoms with van der Waals surface area (Å²) in [7, 11) is 6.65. The van der Waals surface area contributed by atoms with Gasteiger partial charge in [0.2, 0.25) is 0 Å². The number of hydrogen-bond acceptors (Lipinski definition) is 4. The second-order valence-corrected chi connectivity index (χ2v) is 7.49. The topological polar surface area (TPSA) is 68.5 Å². The predicted molar refractivity (Wildman–Crippen MR) is 127 cm³/mol. The summed E-state index contributed by atoms with van der Waals surface area (Å²) in [4.78, 5) is 6.67. The number of aromatic nitrogens is 2. The van der Waals surface area contributed by atoms with Gasteiger partial charge in [-0.2, -0.15) is 0 Å². The molecule has 5 rings (SSSR count). The van der Waals surface area contributed by atoms with E-state index in [2.05, 4.69) is 34.2 Å². The van der Waals surface area contributed by atoms with Crippen LogP contribution < -0.4 is 18.9 Å². The highest BCUT2D eigenvalue weighted by molar-refractivity contribution is 6.03. The lowest BCUT2D eigenvalue weighted by Gasteiger charge is -2.10. The molecule has 0 aliphatic rings. The first kappa shape index (κ1) is 19.9. The second-order valence-electron chi connectivity index (χ2n) is 7.49. The van der Waals surface area contributed by atoms with Crippen LogP contribution in [-0.4, -0.2) is 38.4 Å². The number of ether oxygens (including phenoxy) is 4. The van der Waals surface area contributed by atoms with E-state index in [9.17, 15) is 0 Å². The smallest absolute Gasteiger partial charge is 0.132 e. The van der Waals surface area contributed by atoms with E-state index < -0.39 is 0 Å². The van der Waals surface area contributed by atoms with Gasteiger partial charge in [-0.05, 0) is 11.1 Å². The van der Waals surface area contributed by atoms with Crippen LogP contribution in [0.4, 0.5) is 0 Å². The van der Waals surface area contributed by atoms with Crippen LogP contribution in [-0.2, 0) is 0 Å². The minimum absolute atomic E-state index is 0.753. The highest BCUT2D eigenvalue weighted by Crippen LogP contribution is 2.41. The molecule has 0 aliphatic carbocycles. The van der Waals surface area contributed by atoms with E-state index in [1.54, 1.807) is 28.4 Å². The lowest BCUT2D eigenvalue weighted by Crippen LogP contribution is -1.89. The molecule has 0 fully saturated rings. The summed E-state index contributed by atoms with van der Waals surface area (Å²) in [5, 5.41) is 2.06. The van der Waals surface area contributed by atoms with E-state index in [1.165, 1.54) is 0 Å². The first-order valence-corrected chi connectivity index (χ1v) is 10.2. The predicted octanol–water partition coefficient (Wildman–Crippen LogP) is 6.02. The van der Waals surface area contributed by atoms with Gasteiger partial charge in [-0.3, -0.25) is 0 Å². The molecule has 3 aromatic carbocycles. The van der Waals surface area contributed by atoms with Crippen molar-refractivity contribution >= 4 is 21.8 Å². The van der Waals surface area contributed by atoms with E-state index in [0.29, 0.717) is 0 Å². The molecular weight excluding hydrogens is 404 g/mol. The van der Waals surface area contributed by atoms with Gasteiger partial charge in [0.15, 0.2) is 0 Å². The molecule has 162 valence electrons. The number of aromatic amines is 2. The van der Waals surface area contributed by atoms with Crippen molar-refractivity contribution in [1.82, 2.24) is 9.97 Å². The molecule has 0 unspecified atom stereocenters. The summed E-state index contributed by atoms with van der Waals surface area (Å²) < 4.78 is 22.0. The van der Waals surface area contributed by atoms with Crippen molar-refractivity contribution in [3.8, 4) is 45.3 Å². The first-order chi connectivity index (χ1) is 15.7. The maximum atomic E-state index is 5.64. The Balaban J connectivity index is 1.59. The van der Waals surface area contributed by atoms with Gasteiger partial charge in [-0.15, -0.1) is 0 Å². The van der Waals surface area contributed by atoms with Crippen LogP contribution >= 0.6 is 0 Å². The van der Waals surface area contributed by atoms with Crippen LogP contribution in [0.25, 0.3) is 44.1 Å². The highest BCUT2D eigenvalue weighted by atomic mass is 16.5. The van der Waals surface area contributed by atoms with Crippen molar-refractivity contribution in [3.63, 3.8) is 0 Å². The largest absolute Gasteiger partial charge is 0.497 e. The van der Waals surface area contributed by atoms with Crippen molar-refractivity contribution in [3.05, 3.63) is 60.9 Å². The number of methoxy groups -OCH3 is 4. The SMILES string of the molecule is COc1cc(OC)c2c(-c3ccc(-c4c[nH]c5cc(OC)cc(OC)c45)cc3)c[nH]c2c1. The molecule has 2 aromatic heterocycles. The van der Waals surface area contributed by atoms with Crippen LogP contribution in [0, 0.1) is 0 Å². The molecule has 0 bridgehead atoms. The fourth-order valence-electron chi connectivity index (χ4n) is 4.25. The molecule has 0 amide bonds. The number of nitrogens with one attached hydrogen (secondary N) is 2. The monoisotopic (exact) mass is 428 g/mol. The van der Waals surface area contributed by atoms with E-state index >= 15 is 0 Å². The molecular formula is C26H24N2O4. The quantitative estimate of drug-likeness (QED) is 0.347. The van der Waals surface area contributed by atoms with Crippen molar-refractivity contribution in [2.75, 3.05) is 28.4 Å². The average Bonchev–Trinajstić information content (AvgIpc) is 3.47. The van der Waals surface area contributed by atoms with Crippen LogP contribution in [0.5, 0.6) is 23.0 Å². The summed E-state index contributed by atoms with van der Waals surface area (Å²) in [5.41, 5.74) is 6.28. The lowest BCUT2D eigenvalue weighted by atomic mass is 9.99. The molecule has 6 heteroatoms. The van der Waals surface area contributed by atoms with Gasteiger partial charge in [-0.25, -0.2) is 0 Å². The molecule has 5 aromatic rings. The molecule has 0 aliphatic heterocycles. The summed E-state index contributed by atoms with van der Waals surface area (Å²) in [6, 6.07) is 16.2. The fraction of sp³-hybridized carbons (Fsp3) is 0.154. The van der Waals surface area contributed by atoms with E-state index in [-0.39, 0.29) is 0 Å². The van der Waals surface area contributed by atoms with Crippen LogP contribution in [0.3, 0.4) is 0 Å². The van der Waals surface area contributed by atoms with E-state index in [1.807, 2.05) is 36.7 Å². The molecule has 0 saturated heterocycles. The highest BCUT2D eigenvalue weighted by Gasteiger charge is 2.16. The third-order valence-corrected chi connectivity index (χ3v) is 5.85. The van der Waals surface area contributed by atoms with Gasteiger partial charge < -0.3 is 28.9 Å². The zero-order valence-electron chi connectivity index (χ0n) is 18.4. The zero-order chi connectivity index (χ0) is 22.2. The van der Waals surface area contributed by atoms with Gasteiger partial charge in [0, 0.05) is 58.6 Å². The molecule has 0 radical (unpaired) electrons. The Labute approximate surface area is 185 Å². The number of rotatable bonds is 6. The van der Waals surface area contributed by atoms with E-state index in [4.69, 9.17) is 18.9 Å². The lowest BCUT2D eigenvalue weighted by molar-refractivity contribution is 0.398. The number of hydrogen-bond donors (Lipinski definition) is 2. The van der Waals surface area contributed by atoms with Crippen molar-refractivity contribution in [1.29, 1.82) is 0 Å². The third kappa shape index (κ3) is 3.12. The summed E-state index contributed by atoms with van der Waals surface area (Å²) >= 11 is 0. The summed E-state index contributed by atoms with van der Waals surface area (Å²) in [6.45, 7) is 0. The molecule has 0 spiro atoms. The third-order valence-electron chi connectivity index (χ3n) is 5.85. The van der Waals surface area contributed by atoms with Gasteiger partial charge in [-0.1, -0.05) is 24.3 Å². The Morgan fingerprint density at radius 1 is 0.531 bits per heavy atom. The maximum Gasteiger partial charge on any atom is 0.132 e. The van der Waals surface area contributed by atoms with Crippen LogP contribution in [0.1, 0.15) is 0 Å². The number of benzene rings is 3. The van der Waals surface area contributed by atoms with Gasteiger partial charge >= 0.3 is 0 Å². The maximum absolute atomic E-state index is 5.64. The summed E-state index contributed by atoms with van der Waals surface area (Å²) in [5.74, 6) is 3.05. The van der Waals surface area contributed by atoms with Gasteiger partial charge in [0.1, 0.15) is 23.0 Å². The minimum atomic E-state index is 0.753. The molecule has 0 atom stereocenters. The molecule has 2 heterocycles. The molecule has 6 nitrogen and oxygen atoms in total.